The first kappa shape index (κ1) is 24.6. The summed E-state index contributed by atoms with van der Waals surface area (Å²) in [7, 11) is 1.69. The fourth-order valence-electron chi connectivity index (χ4n) is 4.44. The molecule has 4 rings (SSSR count). The van der Waals surface area contributed by atoms with Gasteiger partial charge in [0.05, 0.1) is 11.3 Å². The molecule has 0 aromatic heterocycles. The molecule has 0 spiro atoms. The third-order valence-electron chi connectivity index (χ3n) is 6.17. The molecule has 2 aliphatic heterocycles. The van der Waals surface area contributed by atoms with E-state index in [2.05, 4.69) is 5.32 Å². The number of benzene rings is 2. The van der Waals surface area contributed by atoms with Crippen molar-refractivity contribution in [2.24, 2.45) is 0 Å². The van der Waals surface area contributed by atoms with E-state index in [1.165, 1.54) is 12.1 Å². The normalized spacial score (nSPS) is 18.3. The number of carbonyl (C=O) groups is 2. The molecular weight excluding hydrogens is 459 g/mol. The first-order chi connectivity index (χ1) is 16.2. The summed E-state index contributed by atoms with van der Waals surface area (Å²) in [5, 5.41) is 2.81. The molecule has 0 unspecified atom stereocenters. The molecule has 2 aliphatic rings. The van der Waals surface area contributed by atoms with Crippen LogP contribution in [0.2, 0.25) is 0 Å². The maximum absolute atomic E-state index is 13.2. The topological polar surface area (TPSA) is 61.9 Å². The lowest BCUT2D eigenvalue weighted by Crippen LogP contribution is -2.48. The fourth-order valence-corrected chi connectivity index (χ4v) is 4.44. The van der Waals surface area contributed by atoms with Crippen LogP contribution in [0, 0.1) is 0 Å². The first-order valence-electron chi connectivity index (χ1n) is 11.3. The molecule has 2 aromatic carbocycles. The second kappa shape index (κ2) is 8.62. The second-order valence-electron chi connectivity index (χ2n) is 9.81. The van der Waals surface area contributed by atoms with Gasteiger partial charge in [0.1, 0.15) is 11.4 Å². The summed E-state index contributed by atoms with van der Waals surface area (Å²) in [5.74, 6) is -0.323. The molecule has 3 amide bonds. The van der Waals surface area contributed by atoms with E-state index in [-0.39, 0.29) is 17.8 Å². The number of fused-ring (bicyclic) bond motifs is 2. The van der Waals surface area contributed by atoms with E-state index >= 15 is 0 Å². The Kier molecular flexibility index (Phi) is 6.07. The Labute approximate surface area is 202 Å². The average molecular weight is 488 g/mol. The van der Waals surface area contributed by atoms with E-state index in [0.717, 1.165) is 23.4 Å². The van der Waals surface area contributed by atoms with Crippen molar-refractivity contribution in [3.63, 3.8) is 0 Å². The zero-order valence-electron chi connectivity index (χ0n) is 20.3. The molecule has 0 fully saturated rings. The minimum atomic E-state index is -4.49. The van der Waals surface area contributed by atoms with Gasteiger partial charge in [-0.2, -0.15) is 13.2 Å². The predicted octanol–water partition coefficient (Wildman–Crippen LogP) is 6.07. The number of ether oxygens (including phenoxy) is 1. The monoisotopic (exact) mass is 487 g/mol. The number of rotatable bonds is 3. The van der Waals surface area contributed by atoms with Crippen molar-refractivity contribution in [3.8, 4) is 5.75 Å². The van der Waals surface area contributed by atoms with Crippen LogP contribution in [0.25, 0.3) is 5.57 Å². The number of hydrogen-bond acceptors (Lipinski definition) is 3. The summed E-state index contributed by atoms with van der Waals surface area (Å²) in [6, 6.07) is 8.64. The molecule has 2 heterocycles. The number of nitrogens with one attached hydrogen (secondary N) is 1. The Hall–Kier alpha value is -3.49. The van der Waals surface area contributed by atoms with Crippen LogP contribution in [0.1, 0.15) is 50.8 Å². The molecule has 0 saturated carbocycles. The summed E-state index contributed by atoms with van der Waals surface area (Å²) >= 11 is 0. The fraction of sp³-hybridized carbons (Fsp3) is 0.385. The van der Waals surface area contributed by atoms with Gasteiger partial charge >= 0.3 is 12.2 Å². The lowest BCUT2D eigenvalue weighted by atomic mass is 9.88. The number of alkyl halides is 3. The molecule has 2 aromatic rings. The maximum atomic E-state index is 13.2. The molecule has 186 valence electrons. The van der Waals surface area contributed by atoms with Gasteiger partial charge in [-0.3, -0.25) is 9.69 Å². The molecular formula is C26H28F3N3O3. The van der Waals surface area contributed by atoms with Crippen LogP contribution in [0.5, 0.6) is 5.75 Å². The summed E-state index contributed by atoms with van der Waals surface area (Å²) in [6.07, 6.45) is -2.75. The van der Waals surface area contributed by atoms with Crippen molar-refractivity contribution in [2.45, 2.75) is 58.5 Å². The Morgan fingerprint density at radius 3 is 2.54 bits per heavy atom. The smallest absolute Gasteiger partial charge is 0.416 e. The first-order valence-corrected chi connectivity index (χ1v) is 11.3. The number of urea groups is 1. The molecule has 0 radical (unpaired) electrons. The quantitative estimate of drug-likeness (QED) is 0.535. The number of anilines is 2. The van der Waals surface area contributed by atoms with Gasteiger partial charge < -0.3 is 15.0 Å². The highest BCUT2D eigenvalue weighted by atomic mass is 19.4. The van der Waals surface area contributed by atoms with Crippen molar-refractivity contribution in [1.29, 1.82) is 0 Å². The Bertz CT molecular complexity index is 1220. The number of halogens is 3. The average Bonchev–Trinajstić information content (AvgIpc) is 2.74. The summed E-state index contributed by atoms with van der Waals surface area (Å²) in [4.78, 5) is 28.9. The molecule has 0 saturated heterocycles. The standard InChI is InChI=1S/C26H28F3N3O3/c1-15(2)32-14-16-6-8-19(12-21(16)31(5)24(32)34)30-23(33)10-17-13-25(3,4)35-22-11-18(26(27,28)29)7-9-20(17)22/h6-12,15H,13-14H2,1-5H3,(H,30,33)/b17-10+. The summed E-state index contributed by atoms with van der Waals surface area (Å²) in [5.41, 5.74) is 1.66. The van der Waals surface area contributed by atoms with Crippen molar-refractivity contribution < 1.29 is 27.5 Å². The van der Waals surface area contributed by atoms with Crippen LogP contribution in [0.15, 0.2) is 42.5 Å². The Morgan fingerprint density at radius 1 is 1.17 bits per heavy atom. The van der Waals surface area contributed by atoms with E-state index in [1.54, 1.807) is 42.8 Å². The van der Waals surface area contributed by atoms with Crippen LogP contribution in [-0.4, -0.2) is 35.5 Å². The highest BCUT2D eigenvalue weighted by Crippen LogP contribution is 2.43. The van der Waals surface area contributed by atoms with Gasteiger partial charge in [0, 0.05) is 43.4 Å². The van der Waals surface area contributed by atoms with Crippen LogP contribution in [0.3, 0.4) is 0 Å². The zero-order valence-corrected chi connectivity index (χ0v) is 20.3. The minimum Gasteiger partial charge on any atom is -0.487 e. The predicted molar refractivity (Wildman–Crippen MR) is 128 cm³/mol. The molecule has 1 N–H and O–H groups in total. The number of amides is 3. The SMILES string of the molecule is CC(C)N1Cc2ccc(NC(=O)/C=C3\CC(C)(C)Oc4cc(C(F)(F)F)ccc43)cc2N(C)C1=O. The Balaban J connectivity index is 1.60. The summed E-state index contributed by atoms with van der Waals surface area (Å²) < 4.78 is 45.3. The second-order valence-corrected chi connectivity index (χ2v) is 9.81. The maximum Gasteiger partial charge on any atom is 0.416 e. The number of nitrogens with zero attached hydrogens (tertiary/aromatic N) is 2. The van der Waals surface area contributed by atoms with Crippen LogP contribution < -0.4 is 15.0 Å². The largest absolute Gasteiger partial charge is 0.487 e. The lowest BCUT2D eigenvalue weighted by molar-refractivity contribution is -0.137. The van der Waals surface area contributed by atoms with Gasteiger partial charge in [0.25, 0.3) is 0 Å². The van der Waals surface area contributed by atoms with E-state index in [4.69, 9.17) is 4.74 Å². The third kappa shape index (κ3) is 4.99. The van der Waals surface area contributed by atoms with E-state index in [1.807, 2.05) is 19.9 Å². The van der Waals surface area contributed by atoms with Crippen molar-refractivity contribution in [3.05, 3.63) is 59.2 Å². The van der Waals surface area contributed by atoms with Gasteiger partial charge in [0.2, 0.25) is 5.91 Å². The van der Waals surface area contributed by atoms with Crippen molar-refractivity contribution in [1.82, 2.24) is 4.90 Å². The highest BCUT2D eigenvalue weighted by molar-refractivity contribution is 6.05. The Morgan fingerprint density at radius 2 is 1.89 bits per heavy atom. The molecule has 35 heavy (non-hydrogen) atoms. The van der Waals surface area contributed by atoms with Crippen LogP contribution >= 0.6 is 0 Å². The van der Waals surface area contributed by atoms with Gasteiger partial charge in [-0.25, -0.2) is 4.79 Å². The number of carbonyl (C=O) groups excluding carboxylic acids is 2. The van der Waals surface area contributed by atoms with Gasteiger partial charge in [0.15, 0.2) is 0 Å². The van der Waals surface area contributed by atoms with Gasteiger partial charge in [-0.05, 0) is 63.1 Å². The molecule has 6 nitrogen and oxygen atoms in total. The van der Waals surface area contributed by atoms with E-state index in [0.29, 0.717) is 29.8 Å². The molecule has 0 atom stereocenters. The zero-order chi connectivity index (χ0) is 25.7. The van der Waals surface area contributed by atoms with Crippen LogP contribution in [-0.2, 0) is 17.5 Å². The van der Waals surface area contributed by atoms with Crippen molar-refractivity contribution >= 4 is 28.9 Å². The molecule has 0 aliphatic carbocycles. The summed E-state index contributed by atoms with van der Waals surface area (Å²) in [6.45, 7) is 7.93. The van der Waals surface area contributed by atoms with Gasteiger partial charge in [-0.15, -0.1) is 0 Å². The van der Waals surface area contributed by atoms with Gasteiger partial charge in [-0.1, -0.05) is 12.1 Å². The van der Waals surface area contributed by atoms with Crippen LogP contribution in [0.4, 0.5) is 29.3 Å². The van der Waals surface area contributed by atoms with E-state index < -0.39 is 23.2 Å². The highest BCUT2D eigenvalue weighted by Gasteiger charge is 2.35. The lowest BCUT2D eigenvalue weighted by Gasteiger charge is -2.37. The third-order valence-corrected chi connectivity index (χ3v) is 6.17. The minimum absolute atomic E-state index is 0.0583. The van der Waals surface area contributed by atoms with Crippen molar-refractivity contribution in [2.75, 3.05) is 17.3 Å². The van der Waals surface area contributed by atoms with E-state index in [9.17, 15) is 22.8 Å². The number of hydrogen-bond donors (Lipinski definition) is 1. The molecule has 9 heteroatoms. The molecule has 0 bridgehead atoms.